The fourth-order valence-electron chi connectivity index (χ4n) is 3.14. The molecule has 0 saturated carbocycles. The van der Waals surface area contributed by atoms with Crippen LogP contribution >= 0.6 is 23.2 Å². The molecule has 0 unspecified atom stereocenters. The summed E-state index contributed by atoms with van der Waals surface area (Å²) >= 11 is 12.7. The largest absolute Gasteiger partial charge is 0.494 e. The van der Waals surface area contributed by atoms with Gasteiger partial charge in [-0.2, -0.15) is 0 Å². The molecular formula is C24H19Cl2N3O2. The van der Waals surface area contributed by atoms with Gasteiger partial charge in [0.2, 0.25) is 0 Å². The first-order valence-electron chi connectivity index (χ1n) is 9.69. The number of carbonyl (C=O) groups excluding carboxylic acids is 1. The molecule has 0 aliphatic carbocycles. The van der Waals surface area contributed by atoms with Crippen LogP contribution in [-0.2, 0) is 0 Å². The summed E-state index contributed by atoms with van der Waals surface area (Å²) in [7, 11) is 0. The Morgan fingerprint density at radius 3 is 2.58 bits per heavy atom. The lowest BCUT2D eigenvalue weighted by molar-refractivity contribution is 0.102. The van der Waals surface area contributed by atoms with E-state index in [1.54, 1.807) is 42.6 Å². The number of hydrogen-bond donors (Lipinski definition) is 2. The van der Waals surface area contributed by atoms with E-state index in [1.165, 1.54) is 0 Å². The first-order chi connectivity index (χ1) is 15.0. The van der Waals surface area contributed by atoms with Gasteiger partial charge in [-0.15, -0.1) is 0 Å². The summed E-state index contributed by atoms with van der Waals surface area (Å²) in [4.78, 5) is 20.5. The number of nitrogens with zero attached hydrogens (tertiary/aromatic N) is 1. The van der Waals surface area contributed by atoms with E-state index in [0.717, 1.165) is 11.3 Å². The summed E-state index contributed by atoms with van der Waals surface area (Å²) in [5, 5.41) is 3.70. The third-order valence-corrected chi connectivity index (χ3v) is 5.28. The van der Waals surface area contributed by atoms with Crippen molar-refractivity contribution in [2.45, 2.75) is 6.92 Å². The third kappa shape index (κ3) is 4.74. The Balaban J connectivity index is 1.57. The van der Waals surface area contributed by atoms with Crippen LogP contribution in [0.3, 0.4) is 0 Å². The number of H-pyrrole nitrogens is 1. The van der Waals surface area contributed by atoms with Crippen LogP contribution in [0.5, 0.6) is 5.75 Å². The molecular weight excluding hydrogens is 433 g/mol. The van der Waals surface area contributed by atoms with Crippen LogP contribution in [0.1, 0.15) is 17.3 Å². The van der Waals surface area contributed by atoms with Crippen LogP contribution in [0, 0.1) is 0 Å². The molecule has 1 heterocycles. The predicted octanol–water partition coefficient (Wildman–Crippen LogP) is 6.70. The zero-order chi connectivity index (χ0) is 21.8. The lowest BCUT2D eigenvalue weighted by atomic mass is 10.1. The van der Waals surface area contributed by atoms with E-state index in [9.17, 15) is 4.79 Å². The molecule has 0 aliphatic heterocycles. The number of ether oxygens (including phenoxy) is 1. The van der Waals surface area contributed by atoms with Crippen molar-refractivity contribution in [3.8, 4) is 28.4 Å². The molecule has 0 radical (unpaired) electrons. The summed E-state index contributed by atoms with van der Waals surface area (Å²) in [6.07, 6.45) is 1.76. The average molecular weight is 452 g/mol. The Hall–Kier alpha value is -3.28. The molecule has 0 atom stereocenters. The lowest BCUT2D eigenvalue weighted by Gasteiger charge is -2.10. The first-order valence-corrected chi connectivity index (χ1v) is 10.4. The number of anilines is 1. The van der Waals surface area contributed by atoms with E-state index in [-0.39, 0.29) is 5.91 Å². The van der Waals surface area contributed by atoms with Crippen molar-refractivity contribution in [1.82, 2.24) is 9.97 Å². The molecule has 0 fully saturated rings. The van der Waals surface area contributed by atoms with Gasteiger partial charge in [0.25, 0.3) is 5.91 Å². The third-order valence-electron chi connectivity index (χ3n) is 4.64. The number of carbonyl (C=O) groups is 1. The minimum atomic E-state index is -0.328. The Morgan fingerprint density at radius 1 is 1.03 bits per heavy atom. The normalized spacial score (nSPS) is 10.7. The molecule has 31 heavy (non-hydrogen) atoms. The minimum Gasteiger partial charge on any atom is -0.494 e. The summed E-state index contributed by atoms with van der Waals surface area (Å²) in [5.74, 6) is 0.898. The molecule has 3 aromatic carbocycles. The smallest absolute Gasteiger partial charge is 0.257 e. The van der Waals surface area contributed by atoms with Crippen molar-refractivity contribution in [3.63, 3.8) is 0 Å². The molecule has 2 N–H and O–H groups in total. The second-order valence-corrected chi connectivity index (χ2v) is 7.55. The molecule has 1 aromatic heterocycles. The van der Waals surface area contributed by atoms with Gasteiger partial charge < -0.3 is 15.0 Å². The van der Waals surface area contributed by atoms with Gasteiger partial charge in [-0.05, 0) is 48.9 Å². The number of imidazole rings is 1. The van der Waals surface area contributed by atoms with Gasteiger partial charge in [0.15, 0.2) is 0 Å². The average Bonchev–Trinajstić information content (AvgIpc) is 3.26. The van der Waals surface area contributed by atoms with Gasteiger partial charge in [-0.1, -0.05) is 53.5 Å². The predicted molar refractivity (Wildman–Crippen MR) is 125 cm³/mol. The van der Waals surface area contributed by atoms with E-state index < -0.39 is 0 Å². The fourth-order valence-corrected chi connectivity index (χ4v) is 3.61. The van der Waals surface area contributed by atoms with Crippen molar-refractivity contribution in [3.05, 3.63) is 88.5 Å². The van der Waals surface area contributed by atoms with Crippen LogP contribution in [0.2, 0.25) is 10.0 Å². The van der Waals surface area contributed by atoms with Crippen molar-refractivity contribution in [2.75, 3.05) is 11.9 Å². The van der Waals surface area contributed by atoms with Crippen LogP contribution in [0.25, 0.3) is 22.6 Å². The molecule has 1 amide bonds. The van der Waals surface area contributed by atoms with Crippen molar-refractivity contribution >= 4 is 34.8 Å². The summed E-state index contributed by atoms with van der Waals surface area (Å²) in [6, 6.07) is 20.1. The first kappa shape index (κ1) is 21.0. The highest BCUT2D eigenvalue weighted by Crippen LogP contribution is 2.31. The van der Waals surface area contributed by atoms with E-state index in [0.29, 0.717) is 45.0 Å². The van der Waals surface area contributed by atoms with Gasteiger partial charge in [0, 0.05) is 11.3 Å². The van der Waals surface area contributed by atoms with E-state index >= 15 is 0 Å². The molecule has 0 bridgehead atoms. The van der Waals surface area contributed by atoms with Crippen LogP contribution < -0.4 is 10.1 Å². The molecule has 7 heteroatoms. The van der Waals surface area contributed by atoms with E-state index in [1.807, 2.05) is 37.3 Å². The Bertz CT molecular complexity index is 1220. The SMILES string of the molecule is CCOc1ccc(C(=O)Nc2ccc(Cl)c(-c3ncc(-c4ccccc4)[nH]3)c2)c(Cl)c1. The van der Waals surface area contributed by atoms with Crippen LogP contribution in [0.4, 0.5) is 5.69 Å². The molecule has 156 valence electrons. The Kier molecular flexibility index (Phi) is 6.26. The van der Waals surface area contributed by atoms with E-state index in [4.69, 9.17) is 27.9 Å². The molecule has 4 rings (SSSR count). The number of hydrogen-bond acceptors (Lipinski definition) is 3. The van der Waals surface area contributed by atoms with Crippen LogP contribution in [-0.4, -0.2) is 22.5 Å². The number of amides is 1. The standard InChI is InChI=1S/C24H19Cl2N3O2/c1-2-31-17-9-10-18(21(26)13-17)24(30)28-16-8-11-20(25)19(12-16)23-27-14-22(29-23)15-6-4-3-5-7-15/h3-14H,2H2,1H3,(H,27,29)(H,28,30). The number of aromatic amines is 1. The number of rotatable bonds is 6. The highest BCUT2D eigenvalue weighted by molar-refractivity contribution is 6.35. The highest BCUT2D eigenvalue weighted by Gasteiger charge is 2.14. The van der Waals surface area contributed by atoms with Gasteiger partial charge >= 0.3 is 0 Å². The Morgan fingerprint density at radius 2 is 1.84 bits per heavy atom. The van der Waals surface area contributed by atoms with Gasteiger partial charge in [0.05, 0.1) is 34.1 Å². The molecule has 0 aliphatic rings. The lowest BCUT2D eigenvalue weighted by Crippen LogP contribution is -2.12. The van der Waals surface area contributed by atoms with Gasteiger partial charge in [0.1, 0.15) is 11.6 Å². The summed E-state index contributed by atoms with van der Waals surface area (Å²) in [5.41, 5.74) is 3.51. The fraction of sp³-hybridized carbons (Fsp3) is 0.0833. The highest BCUT2D eigenvalue weighted by atomic mass is 35.5. The molecule has 0 spiro atoms. The summed E-state index contributed by atoms with van der Waals surface area (Å²) in [6.45, 7) is 2.41. The molecule has 0 saturated heterocycles. The second kappa shape index (κ2) is 9.25. The molecule has 5 nitrogen and oxygen atoms in total. The zero-order valence-corrected chi connectivity index (χ0v) is 18.2. The van der Waals surface area contributed by atoms with E-state index in [2.05, 4.69) is 15.3 Å². The van der Waals surface area contributed by atoms with Crippen LogP contribution in [0.15, 0.2) is 72.9 Å². The maximum Gasteiger partial charge on any atom is 0.257 e. The van der Waals surface area contributed by atoms with Gasteiger partial charge in [-0.3, -0.25) is 4.79 Å². The van der Waals surface area contributed by atoms with Crippen molar-refractivity contribution in [1.29, 1.82) is 0 Å². The zero-order valence-electron chi connectivity index (χ0n) is 16.7. The minimum absolute atomic E-state index is 0.316. The topological polar surface area (TPSA) is 67.0 Å². The maximum absolute atomic E-state index is 12.7. The quantitative estimate of drug-likeness (QED) is 0.342. The number of nitrogens with one attached hydrogen (secondary N) is 2. The summed E-state index contributed by atoms with van der Waals surface area (Å²) < 4.78 is 5.41. The van der Waals surface area contributed by atoms with Crippen molar-refractivity contribution in [2.24, 2.45) is 0 Å². The molecule has 4 aromatic rings. The monoisotopic (exact) mass is 451 g/mol. The second-order valence-electron chi connectivity index (χ2n) is 6.73. The van der Waals surface area contributed by atoms with Crippen molar-refractivity contribution < 1.29 is 9.53 Å². The Labute approximate surface area is 190 Å². The number of halogens is 2. The number of aromatic nitrogens is 2. The number of benzene rings is 3. The van der Waals surface area contributed by atoms with Gasteiger partial charge in [-0.25, -0.2) is 4.98 Å². The maximum atomic E-state index is 12.7.